The lowest BCUT2D eigenvalue weighted by Crippen LogP contribution is -2.17. The van der Waals surface area contributed by atoms with Crippen molar-refractivity contribution < 1.29 is 9.90 Å². The number of anilines is 1. The molecule has 0 saturated carbocycles. The van der Waals surface area contributed by atoms with Crippen LogP contribution in [-0.4, -0.2) is 27.4 Å². The van der Waals surface area contributed by atoms with E-state index in [4.69, 9.17) is 5.11 Å². The number of nitrogens with one attached hydrogen (secondary N) is 1. The summed E-state index contributed by atoms with van der Waals surface area (Å²) >= 11 is 0. The van der Waals surface area contributed by atoms with Gasteiger partial charge in [0.05, 0.1) is 25.0 Å². The van der Waals surface area contributed by atoms with Crippen LogP contribution in [0.2, 0.25) is 0 Å². The Kier molecular flexibility index (Phi) is 3.64. The summed E-state index contributed by atoms with van der Waals surface area (Å²) in [5.74, 6) is -0.0789. The molecule has 0 aliphatic rings. The minimum absolute atomic E-state index is 0.0338. The summed E-state index contributed by atoms with van der Waals surface area (Å²) in [4.78, 5) is 11.3. The number of hydrogen-bond donors (Lipinski definition) is 2. The van der Waals surface area contributed by atoms with Crippen LogP contribution >= 0.6 is 0 Å². The molecule has 0 saturated heterocycles. The minimum Gasteiger partial charge on any atom is -0.394 e. The van der Waals surface area contributed by atoms with E-state index in [-0.39, 0.29) is 18.4 Å². The molecule has 0 aliphatic heterocycles. The van der Waals surface area contributed by atoms with Gasteiger partial charge in [0, 0.05) is 12.1 Å². The Morgan fingerprint density at radius 2 is 2.43 bits per heavy atom. The number of aliphatic hydroxyl groups is 1. The third-order valence-corrected chi connectivity index (χ3v) is 1.75. The second-order valence-electron chi connectivity index (χ2n) is 3.36. The van der Waals surface area contributed by atoms with Gasteiger partial charge in [-0.1, -0.05) is 13.8 Å². The molecular weight excluding hydrogens is 182 g/mol. The zero-order valence-corrected chi connectivity index (χ0v) is 8.40. The van der Waals surface area contributed by atoms with E-state index in [1.54, 1.807) is 17.1 Å². The van der Waals surface area contributed by atoms with Crippen molar-refractivity contribution in [1.82, 2.24) is 9.78 Å². The van der Waals surface area contributed by atoms with Crippen molar-refractivity contribution in [2.75, 3.05) is 11.9 Å². The molecule has 0 unspecified atom stereocenters. The van der Waals surface area contributed by atoms with Crippen molar-refractivity contribution in [3.8, 4) is 0 Å². The quantitative estimate of drug-likeness (QED) is 0.737. The van der Waals surface area contributed by atoms with Crippen LogP contribution in [0.3, 0.4) is 0 Å². The topological polar surface area (TPSA) is 67.2 Å². The van der Waals surface area contributed by atoms with E-state index >= 15 is 0 Å². The van der Waals surface area contributed by atoms with Gasteiger partial charge in [-0.15, -0.1) is 0 Å². The lowest BCUT2D eigenvalue weighted by molar-refractivity contribution is -0.118. The molecule has 0 spiro atoms. The number of aromatic nitrogens is 2. The van der Waals surface area contributed by atoms with Crippen LogP contribution < -0.4 is 5.32 Å². The first-order chi connectivity index (χ1) is 6.63. The SMILES string of the molecule is CC(C)C(=O)Nc1cnn(CCO)c1. The van der Waals surface area contributed by atoms with E-state index in [9.17, 15) is 4.79 Å². The van der Waals surface area contributed by atoms with Crippen LogP contribution in [-0.2, 0) is 11.3 Å². The molecule has 0 bridgehead atoms. The first-order valence-corrected chi connectivity index (χ1v) is 4.57. The van der Waals surface area contributed by atoms with Gasteiger partial charge in [-0.3, -0.25) is 9.48 Å². The Morgan fingerprint density at radius 1 is 1.71 bits per heavy atom. The molecule has 5 nitrogen and oxygen atoms in total. The molecule has 5 heteroatoms. The maximum atomic E-state index is 11.3. The highest BCUT2D eigenvalue weighted by molar-refractivity contribution is 5.91. The van der Waals surface area contributed by atoms with Crippen molar-refractivity contribution in [2.24, 2.45) is 5.92 Å². The molecule has 78 valence electrons. The Morgan fingerprint density at radius 3 is 3.00 bits per heavy atom. The summed E-state index contributed by atoms with van der Waals surface area (Å²) < 4.78 is 1.58. The molecule has 1 amide bonds. The third-order valence-electron chi connectivity index (χ3n) is 1.75. The molecule has 1 aromatic heterocycles. The van der Waals surface area contributed by atoms with E-state index in [0.717, 1.165) is 0 Å². The maximum absolute atomic E-state index is 11.3. The van der Waals surface area contributed by atoms with Gasteiger partial charge in [0.15, 0.2) is 0 Å². The fourth-order valence-electron chi connectivity index (χ4n) is 0.939. The lowest BCUT2D eigenvalue weighted by Gasteiger charge is -2.03. The summed E-state index contributed by atoms with van der Waals surface area (Å²) in [6, 6.07) is 0. The van der Waals surface area contributed by atoms with E-state index in [1.165, 1.54) is 0 Å². The van der Waals surface area contributed by atoms with Crippen molar-refractivity contribution in [3.63, 3.8) is 0 Å². The molecule has 0 aliphatic carbocycles. The van der Waals surface area contributed by atoms with Crippen LogP contribution in [0.4, 0.5) is 5.69 Å². The fraction of sp³-hybridized carbons (Fsp3) is 0.556. The van der Waals surface area contributed by atoms with Crippen molar-refractivity contribution in [3.05, 3.63) is 12.4 Å². The zero-order chi connectivity index (χ0) is 10.6. The maximum Gasteiger partial charge on any atom is 0.227 e. The highest BCUT2D eigenvalue weighted by Crippen LogP contribution is 2.06. The molecule has 0 fully saturated rings. The highest BCUT2D eigenvalue weighted by Gasteiger charge is 2.07. The predicted octanol–water partition coefficient (Wildman–Crippen LogP) is 0.470. The van der Waals surface area contributed by atoms with Crippen molar-refractivity contribution in [1.29, 1.82) is 0 Å². The zero-order valence-electron chi connectivity index (χ0n) is 8.40. The van der Waals surface area contributed by atoms with Crippen molar-refractivity contribution in [2.45, 2.75) is 20.4 Å². The van der Waals surface area contributed by atoms with Crippen molar-refractivity contribution >= 4 is 11.6 Å². The summed E-state index contributed by atoms with van der Waals surface area (Å²) in [6.07, 6.45) is 3.26. The summed E-state index contributed by atoms with van der Waals surface area (Å²) in [5, 5.41) is 15.3. The number of amides is 1. The Labute approximate surface area is 82.7 Å². The van der Waals surface area contributed by atoms with Gasteiger partial charge in [0.25, 0.3) is 0 Å². The molecular formula is C9H15N3O2. The molecule has 14 heavy (non-hydrogen) atoms. The number of rotatable bonds is 4. The largest absolute Gasteiger partial charge is 0.394 e. The summed E-state index contributed by atoms with van der Waals surface area (Å²) in [6.45, 7) is 4.14. The Hall–Kier alpha value is -1.36. The average Bonchev–Trinajstić information content (AvgIpc) is 2.53. The number of carbonyl (C=O) groups is 1. The number of carbonyl (C=O) groups excluding carboxylic acids is 1. The van der Waals surface area contributed by atoms with Gasteiger partial charge in [0.2, 0.25) is 5.91 Å². The molecule has 1 rings (SSSR count). The van der Waals surface area contributed by atoms with Gasteiger partial charge in [0.1, 0.15) is 0 Å². The van der Waals surface area contributed by atoms with Crippen LogP contribution in [0, 0.1) is 5.92 Å². The van der Waals surface area contributed by atoms with Gasteiger partial charge in [-0.25, -0.2) is 0 Å². The number of hydrogen-bond acceptors (Lipinski definition) is 3. The third kappa shape index (κ3) is 2.85. The first kappa shape index (κ1) is 10.7. The highest BCUT2D eigenvalue weighted by atomic mass is 16.3. The second-order valence-corrected chi connectivity index (χ2v) is 3.36. The van der Waals surface area contributed by atoms with Gasteiger partial charge < -0.3 is 10.4 Å². The predicted molar refractivity (Wildman–Crippen MR) is 52.8 cm³/mol. The van der Waals surface area contributed by atoms with Gasteiger partial charge in [-0.2, -0.15) is 5.10 Å². The van der Waals surface area contributed by atoms with Crippen LogP contribution in [0.15, 0.2) is 12.4 Å². The fourth-order valence-corrected chi connectivity index (χ4v) is 0.939. The van der Waals surface area contributed by atoms with Crippen LogP contribution in [0.1, 0.15) is 13.8 Å². The van der Waals surface area contributed by atoms with E-state index in [0.29, 0.717) is 12.2 Å². The minimum atomic E-state index is -0.0452. The van der Waals surface area contributed by atoms with Crippen LogP contribution in [0.25, 0.3) is 0 Å². The molecule has 1 aromatic rings. The summed E-state index contributed by atoms with van der Waals surface area (Å²) in [5.41, 5.74) is 0.664. The molecule has 0 atom stereocenters. The first-order valence-electron chi connectivity index (χ1n) is 4.57. The van der Waals surface area contributed by atoms with E-state index in [1.807, 2.05) is 13.8 Å². The summed E-state index contributed by atoms with van der Waals surface area (Å²) in [7, 11) is 0. The Bertz CT molecular complexity index is 307. The van der Waals surface area contributed by atoms with Gasteiger partial charge in [-0.05, 0) is 0 Å². The molecule has 0 aromatic carbocycles. The second kappa shape index (κ2) is 4.76. The number of nitrogens with zero attached hydrogens (tertiary/aromatic N) is 2. The normalized spacial score (nSPS) is 10.6. The standard InChI is InChI=1S/C9H15N3O2/c1-7(2)9(14)11-8-5-10-12(6-8)3-4-13/h5-7,13H,3-4H2,1-2H3,(H,11,14). The average molecular weight is 197 g/mol. The number of aliphatic hydroxyl groups excluding tert-OH is 1. The van der Waals surface area contributed by atoms with E-state index < -0.39 is 0 Å². The van der Waals surface area contributed by atoms with Gasteiger partial charge >= 0.3 is 0 Å². The molecule has 2 N–H and O–H groups in total. The molecule has 0 radical (unpaired) electrons. The van der Waals surface area contributed by atoms with Crippen LogP contribution in [0.5, 0.6) is 0 Å². The molecule has 1 heterocycles. The van der Waals surface area contributed by atoms with E-state index in [2.05, 4.69) is 10.4 Å². The Balaban J connectivity index is 2.55. The monoisotopic (exact) mass is 197 g/mol. The smallest absolute Gasteiger partial charge is 0.227 e. The lowest BCUT2D eigenvalue weighted by atomic mass is 10.2.